The number of hydrogen-bond donors (Lipinski definition) is 2. The summed E-state index contributed by atoms with van der Waals surface area (Å²) in [6.07, 6.45) is 5.14. The molecule has 1 fully saturated rings. The Labute approximate surface area is 125 Å². The van der Waals surface area contributed by atoms with Crippen molar-refractivity contribution in [3.05, 3.63) is 42.0 Å². The van der Waals surface area contributed by atoms with Crippen molar-refractivity contribution in [3.8, 4) is 0 Å². The van der Waals surface area contributed by atoms with Crippen molar-refractivity contribution in [3.63, 3.8) is 0 Å². The Morgan fingerprint density at radius 2 is 1.95 bits per heavy atom. The highest BCUT2D eigenvalue weighted by atomic mass is 15.1. The van der Waals surface area contributed by atoms with Gasteiger partial charge < -0.3 is 10.6 Å². The van der Waals surface area contributed by atoms with Crippen LogP contribution in [0.15, 0.2) is 30.5 Å². The Kier molecular flexibility index (Phi) is 4.28. The number of hydrogen-bond acceptors (Lipinski definition) is 5. The fourth-order valence-corrected chi connectivity index (χ4v) is 2.22. The molecule has 0 bridgehead atoms. The van der Waals surface area contributed by atoms with Crippen LogP contribution < -0.4 is 10.6 Å². The molecule has 0 atom stereocenters. The largest absolute Gasteiger partial charge is 0.370 e. The van der Waals surface area contributed by atoms with Gasteiger partial charge in [0.15, 0.2) is 0 Å². The van der Waals surface area contributed by atoms with E-state index in [-0.39, 0.29) is 0 Å². The fourth-order valence-electron chi connectivity index (χ4n) is 2.22. The first-order chi connectivity index (χ1) is 10.3. The molecule has 0 unspecified atom stereocenters. The predicted molar refractivity (Wildman–Crippen MR) is 84.6 cm³/mol. The van der Waals surface area contributed by atoms with Gasteiger partial charge in [-0.3, -0.25) is 4.98 Å². The van der Waals surface area contributed by atoms with Gasteiger partial charge >= 0.3 is 0 Å². The summed E-state index contributed by atoms with van der Waals surface area (Å²) in [4.78, 5) is 13.5. The average Bonchev–Trinajstić information content (AvgIpc) is 3.33. The molecule has 5 nitrogen and oxygen atoms in total. The molecule has 5 heteroatoms. The topological polar surface area (TPSA) is 62.7 Å². The number of nitrogens with zero attached hydrogens (tertiary/aromatic N) is 3. The van der Waals surface area contributed by atoms with Gasteiger partial charge in [0, 0.05) is 43.4 Å². The summed E-state index contributed by atoms with van der Waals surface area (Å²) in [7, 11) is 0. The zero-order chi connectivity index (χ0) is 14.5. The number of pyridine rings is 1. The molecule has 2 aromatic heterocycles. The quantitative estimate of drug-likeness (QED) is 0.818. The van der Waals surface area contributed by atoms with Gasteiger partial charge in [0.25, 0.3) is 0 Å². The van der Waals surface area contributed by atoms with Crippen LogP contribution in [0.4, 0.5) is 11.6 Å². The summed E-state index contributed by atoms with van der Waals surface area (Å²) in [5.74, 6) is 3.34. The van der Waals surface area contributed by atoms with Crippen LogP contribution in [0.3, 0.4) is 0 Å². The van der Waals surface area contributed by atoms with E-state index in [1.165, 1.54) is 12.8 Å². The molecule has 110 valence electrons. The van der Waals surface area contributed by atoms with Gasteiger partial charge in [0.1, 0.15) is 17.5 Å². The van der Waals surface area contributed by atoms with Gasteiger partial charge in [0.05, 0.1) is 0 Å². The maximum Gasteiger partial charge on any atom is 0.136 e. The molecule has 2 heterocycles. The van der Waals surface area contributed by atoms with E-state index in [4.69, 9.17) is 0 Å². The van der Waals surface area contributed by atoms with Gasteiger partial charge in [-0.15, -0.1) is 0 Å². The number of anilines is 2. The van der Waals surface area contributed by atoms with Crippen molar-refractivity contribution < 1.29 is 0 Å². The molecule has 1 aliphatic carbocycles. The summed E-state index contributed by atoms with van der Waals surface area (Å²) >= 11 is 0. The van der Waals surface area contributed by atoms with E-state index < -0.39 is 0 Å². The van der Waals surface area contributed by atoms with Gasteiger partial charge in [0.2, 0.25) is 0 Å². The van der Waals surface area contributed by atoms with Gasteiger partial charge in [-0.1, -0.05) is 6.07 Å². The third kappa shape index (κ3) is 3.90. The molecule has 0 saturated heterocycles. The fraction of sp³-hybridized carbons (Fsp3) is 0.438. The monoisotopic (exact) mass is 283 g/mol. The SMILES string of the molecule is CCNc1cc(NCCc2ccccn2)nc(C2CC2)n1. The maximum atomic E-state index is 4.63. The van der Waals surface area contributed by atoms with Crippen molar-refractivity contribution in [1.29, 1.82) is 0 Å². The first kappa shape index (κ1) is 13.8. The van der Waals surface area contributed by atoms with Crippen LogP contribution in [0.2, 0.25) is 0 Å². The number of aromatic nitrogens is 3. The Hall–Kier alpha value is -2.17. The molecular weight excluding hydrogens is 262 g/mol. The van der Waals surface area contributed by atoms with Crippen LogP contribution in [0.5, 0.6) is 0 Å². The van der Waals surface area contributed by atoms with Crippen molar-refractivity contribution >= 4 is 11.6 Å². The lowest BCUT2D eigenvalue weighted by molar-refractivity contribution is 0.905. The molecule has 2 aromatic rings. The molecule has 21 heavy (non-hydrogen) atoms. The summed E-state index contributed by atoms with van der Waals surface area (Å²) in [6.45, 7) is 3.77. The minimum atomic E-state index is 0.556. The lowest BCUT2D eigenvalue weighted by Gasteiger charge is -2.10. The van der Waals surface area contributed by atoms with E-state index in [9.17, 15) is 0 Å². The van der Waals surface area contributed by atoms with E-state index >= 15 is 0 Å². The molecule has 3 rings (SSSR count). The molecule has 0 aliphatic heterocycles. The molecule has 2 N–H and O–H groups in total. The second-order valence-corrected chi connectivity index (χ2v) is 5.30. The zero-order valence-corrected chi connectivity index (χ0v) is 12.3. The molecule has 0 aromatic carbocycles. The van der Waals surface area contributed by atoms with Crippen molar-refractivity contribution in [1.82, 2.24) is 15.0 Å². The smallest absolute Gasteiger partial charge is 0.136 e. The predicted octanol–water partition coefficient (Wildman–Crippen LogP) is 2.84. The number of rotatable bonds is 7. The van der Waals surface area contributed by atoms with Crippen LogP contribution in [-0.4, -0.2) is 28.0 Å². The summed E-state index contributed by atoms with van der Waals surface area (Å²) in [5, 5.41) is 6.66. The van der Waals surface area contributed by atoms with Crippen LogP contribution >= 0.6 is 0 Å². The third-order valence-electron chi connectivity index (χ3n) is 3.46. The number of nitrogens with one attached hydrogen (secondary N) is 2. The highest BCUT2D eigenvalue weighted by Gasteiger charge is 2.27. The first-order valence-electron chi connectivity index (χ1n) is 7.62. The average molecular weight is 283 g/mol. The Morgan fingerprint density at radius 3 is 2.62 bits per heavy atom. The third-order valence-corrected chi connectivity index (χ3v) is 3.46. The lowest BCUT2D eigenvalue weighted by atomic mass is 10.3. The first-order valence-corrected chi connectivity index (χ1v) is 7.62. The van der Waals surface area contributed by atoms with Gasteiger partial charge in [-0.25, -0.2) is 9.97 Å². The highest BCUT2D eigenvalue weighted by molar-refractivity contribution is 5.48. The minimum Gasteiger partial charge on any atom is -0.370 e. The molecule has 1 saturated carbocycles. The van der Waals surface area contributed by atoms with E-state index in [0.717, 1.165) is 42.7 Å². The van der Waals surface area contributed by atoms with Crippen LogP contribution in [0, 0.1) is 0 Å². The maximum absolute atomic E-state index is 4.63. The zero-order valence-electron chi connectivity index (χ0n) is 12.3. The van der Waals surface area contributed by atoms with Crippen LogP contribution in [0.1, 0.15) is 37.2 Å². The van der Waals surface area contributed by atoms with E-state index in [2.05, 4.69) is 32.5 Å². The normalized spacial score (nSPS) is 14.0. The highest BCUT2D eigenvalue weighted by Crippen LogP contribution is 2.38. The van der Waals surface area contributed by atoms with Crippen molar-refractivity contribution in [2.75, 3.05) is 23.7 Å². The molecule has 0 spiro atoms. The van der Waals surface area contributed by atoms with E-state index in [1.54, 1.807) is 0 Å². The Morgan fingerprint density at radius 1 is 1.14 bits per heavy atom. The van der Waals surface area contributed by atoms with E-state index in [1.807, 2.05) is 30.5 Å². The van der Waals surface area contributed by atoms with Crippen molar-refractivity contribution in [2.45, 2.75) is 32.1 Å². The molecule has 0 radical (unpaired) electrons. The molecule has 1 aliphatic rings. The van der Waals surface area contributed by atoms with Crippen LogP contribution in [-0.2, 0) is 6.42 Å². The van der Waals surface area contributed by atoms with Gasteiger partial charge in [-0.2, -0.15) is 0 Å². The van der Waals surface area contributed by atoms with E-state index in [0.29, 0.717) is 5.92 Å². The second kappa shape index (κ2) is 6.52. The summed E-state index contributed by atoms with van der Waals surface area (Å²) < 4.78 is 0. The minimum absolute atomic E-state index is 0.556. The Balaban J connectivity index is 1.63. The van der Waals surface area contributed by atoms with Gasteiger partial charge in [-0.05, 0) is 31.9 Å². The standard InChI is InChI=1S/C16H21N5/c1-2-17-14-11-15(21-16(20-14)12-6-7-12)19-10-8-13-5-3-4-9-18-13/h3-5,9,11-12H,2,6-8,10H2,1H3,(H2,17,19,20,21). The van der Waals surface area contributed by atoms with Crippen molar-refractivity contribution in [2.24, 2.45) is 0 Å². The second-order valence-electron chi connectivity index (χ2n) is 5.30. The molecule has 0 amide bonds. The lowest BCUT2D eigenvalue weighted by Crippen LogP contribution is -2.10. The summed E-state index contributed by atoms with van der Waals surface area (Å²) in [6, 6.07) is 7.97. The Bertz CT molecular complexity index is 580. The summed E-state index contributed by atoms with van der Waals surface area (Å²) in [5.41, 5.74) is 1.09. The van der Waals surface area contributed by atoms with Crippen LogP contribution in [0.25, 0.3) is 0 Å². The molecular formula is C16H21N5.